The van der Waals surface area contributed by atoms with Crippen LogP contribution < -0.4 is 4.90 Å². The minimum atomic E-state index is -3.51. The van der Waals surface area contributed by atoms with Gasteiger partial charge in [-0.2, -0.15) is 4.31 Å². The number of piperazine rings is 1. The first-order valence-corrected chi connectivity index (χ1v) is 12.9. The van der Waals surface area contributed by atoms with E-state index in [-0.39, 0.29) is 5.91 Å². The summed E-state index contributed by atoms with van der Waals surface area (Å²) in [4.78, 5) is 22.0. The van der Waals surface area contributed by atoms with Gasteiger partial charge in [0.15, 0.2) is 0 Å². The van der Waals surface area contributed by atoms with E-state index >= 15 is 0 Å². The van der Waals surface area contributed by atoms with Gasteiger partial charge in [-0.25, -0.2) is 13.4 Å². The van der Waals surface area contributed by atoms with Gasteiger partial charge >= 0.3 is 0 Å². The van der Waals surface area contributed by atoms with Crippen LogP contribution in [0.4, 0.5) is 5.82 Å². The SMILES string of the molecule is Cn1c(C(=O)N2CCN(c3ccccn3)CC2)cc2cc(S(=O)(=O)N3CCCCC3)ccc21. The Balaban J connectivity index is 1.35. The zero-order valence-corrected chi connectivity index (χ0v) is 19.7. The number of carbonyl (C=O) groups is 1. The van der Waals surface area contributed by atoms with Gasteiger partial charge in [-0.1, -0.05) is 12.5 Å². The number of anilines is 1. The number of sulfonamides is 1. The molecule has 2 aliphatic rings. The largest absolute Gasteiger partial charge is 0.353 e. The van der Waals surface area contributed by atoms with Crippen molar-refractivity contribution in [3.05, 3.63) is 54.4 Å². The second kappa shape index (κ2) is 8.79. The average Bonchev–Trinajstić information content (AvgIpc) is 3.20. The van der Waals surface area contributed by atoms with E-state index in [1.807, 2.05) is 46.8 Å². The Hall–Kier alpha value is -2.91. The molecular weight excluding hydrogens is 438 g/mol. The lowest BCUT2D eigenvalue weighted by molar-refractivity contribution is 0.0737. The van der Waals surface area contributed by atoms with Gasteiger partial charge in [0, 0.05) is 63.4 Å². The molecule has 0 bridgehead atoms. The van der Waals surface area contributed by atoms with E-state index in [2.05, 4.69) is 9.88 Å². The summed E-state index contributed by atoms with van der Waals surface area (Å²) in [6.45, 7) is 3.83. The minimum absolute atomic E-state index is 0.0326. The van der Waals surface area contributed by atoms with Crippen LogP contribution in [0, 0.1) is 0 Å². The first-order chi connectivity index (χ1) is 15.9. The number of rotatable bonds is 4. The van der Waals surface area contributed by atoms with Crippen LogP contribution >= 0.6 is 0 Å². The van der Waals surface area contributed by atoms with E-state index < -0.39 is 10.0 Å². The number of pyridine rings is 1. The van der Waals surface area contributed by atoms with Gasteiger partial charge in [0.2, 0.25) is 10.0 Å². The Morgan fingerprint density at radius 3 is 2.36 bits per heavy atom. The molecule has 1 aromatic carbocycles. The van der Waals surface area contributed by atoms with Gasteiger partial charge in [0.1, 0.15) is 11.5 Å². The highest BCUT2D eigenvalue weighted by atomic mass is 32.2. The van der Waals surface area contributed by atoms with Gasteiger partial charge < -0.3 is 14.4 Å². The molecule has 0 saturated carbocycles. The number of aryl methyl sites for hydroxylation is 1. The number of hydrogen-bond donors (Lipinski definition) is 0. The van der Waals surface area contributed by atoms with Crippen molar-refractivity contribution in [1.82, 2.24) is 18.8 Å². The lowest BCUT2D eigenvalue weighted by Crippen LogP contribution is -2.49. The van der Waals surface area contributed by atoms with Crippen molar-refractivity contribution in [2.75, 3.05) is 44.2 Å². The summed E-state index contributed by atoms with van der Waals surface area (Å²) in [6, 6.07) is 12.8. The number of benzene rings is 1. The smallest absolute Gasteiger partial charge is 0.270 e. The third-order valence-corrected chi connectivity index (χ3v) is 8.62. The van der Waals surface area contributed by atoms with Gasteiger partial charge in [-0.3, -0.25) is 4.79 Å². The van der Waals surface area contributed by atoms with E-state index in [4.69, 9.17) is 0 Å². The molecule has 33 heavy (non-hydrogen) atoms. The fraction of sp³-hybridized carbons (Fsp3) is 0.417. The zero-order chi connectivity index (χ0) is 23.0. The zero-order valence-electron chi connectivity index (χ0n) is 18.9. The fourth-order valence-electron chi connectivity index (χ4n) is 4.79. The van der Waals surface area contributed by atoms with E-state index in [0.29, 0.717) is 36.8 Å². The van der Waals surface area contributed by atoms with Gasteiger partial charge in [-0.15, -0.1) is 0 Å². The molecular formula is C24H29N5O3S. The third-order valence-electron chi connectivity index (χ3n) is 6.73. The summed E-state index contributed by atoms with van der Waals surface area (Å²) in [6.07, 6.45) is 4.66. The number of fused-ring (bicyclic) bond motifs is 1. The van der Waals surface area contributed by atoms with Crippen LogP contribution in [0.5, 0.6) is 0 Å². The molecule has 2 aliphatic heterocycles. The molecule has 174 valence electrons. The summed E-state index contributed by atoms with van der Waals surface area (Å²) in [5, 5.41) is 0.769. The highest BCUT2D eigenvalue weighted by Crippen LogP contribution is 2.27. The lowest BCUT2D eigenvalue weighted by atomic mass is 10.2. The van der Waals surface area contributed by atoms with Crippen LogP contribution in [0.3, 0.4) is 0 Å². The molecule has 0 atom stereocenters. The second-order valence-electron chi connectivity index (χ2n) is 8.74. The molecule has 0 aliphatic carbocycles. The molecule has 2 aromatic heterocycles. The molecule has 0 unspecified atom stereocenters. The highest BCUT2D eigenvalue weighted by Gasteiger charge is 2.28. The molecule has 4 heterocycles. The Morgan fingerprint density at radius 2 is 1.67 bits per heavy atom. The van der Waals surface area contributed by atoms with E-state index in [1.165, 1.54) is 0 Å². The van der Waals surface area contributed by atoms with Gasteiger partial charge in [0.25, 0.3) is 5.91 Å². The van der Waals surface area contributed by atoms with Crippen LogP contribution in [-0.4, -0.2) is 72.3 Å². The summed E-state index contributed by atoms with van der Waals surface area (Å²) >= 11 is 0. The number of amides is 1. The standard InChI is InChI=1S/C24H29N5O3S/c1-26-21-9-8-20(33(31,32)29-11-5-2-6-12-29)17-19(21)18-22(26)24(30)28-15-13-27(14-16-28)23-7-3-4-10-25-23/h3-4,7-10,17-18H,2,5-6,11-16H2,1H3. The molecule has 0 N–H and O–H groups in total. The Bertz CT molecular complexity index is 1260. The topological polar surface area (TPSA) is 78.8 Å². The van der Waals surface area contributed by atoms with Crippen molar-refractivity contribution in [1.29, 1.82) is 0 Å². The lowest BCUT2D eigenvalue weighted by Gasteiger charge is -2.35. The molecule has 2 fully saturated rings. The molecule has 0 spiro atoms. The summed E-state index contributed by atoms with van der Waals surface area (Å²) in [5.74, 6) is 0.895. The summed E-state index contributed by atoms with van der Waals surface area (Å²) < 4.78 is 29.6. The maximum Gasteiger partial charge on any atom is 0.270 e. The molecule has 3 aromatic rings. The van der Waals surface area contributed by atoms with Crippen molar-refractivity contribution in [3.63, 3.8) is 0 Å². The van der Waals surface area contributed by atoms with Crippen LogP contribution in [0.2, 0.25) is 0 Å². The molecule has 8 nitrogen and oxygen atoms in total. The van der Waals surface area contributed by atoms with Crippen LogP contribution in [0.15, 0.2) is 53.6 Å². The maximum atomic E-state index is 13.3. The van der Waals surface area contributed by atoms with Gasteiger partial charge in [-0.05, 0) is 49.2 Å². The van der Waals surface area contributed by atoms with E-state index in [1.54, 1.807) is 22.6 Å². The van der Waals surface area contributed by atoms with Crippen LogP contribution in [-0.2, 0) is 17.1 Å². The average molecular weight is 468 g/mol. The summed E-state index contributed by atoms with van der Waals surface area (Å²) in [7, 11) is -1.65. The fourth-order valence-corrected chi connectivity index (χ4v) is 6.34. The third kappa shape index (κ3) is 4.11. The quantitative estimate of drug-likeness (QED) is 0.590. The summed E-state index contributed by atoms with van der Waals surface area (Å²) in [5.41, 5.74) is 1.42. The molecule has 9 heteroatoms. The normalized spacial score (nSPS) is 18.1. The first kappa shape index (κ1) is 21.9. The van der Waals surface area contributed by atoms with E-state index in [9.17, 15) is 13.2 Å². The second-order valence-corrected chi connectivity index (χ2v) is 10.7. The predicted octanol–water partition coefficient (Wildman–Crippen LogP) is 2.71. The van der Waals surface area contributed by atoms with Crippen LogP contribution in [0.1, 0.15) is 29.8 Å². The van der Waals surface area contributed by atoms with E-state index in [0.717, 1.165) is 49.1 Å². The molecule has 5 rings (SSSR count). The number of nitrogens with zero attached hydrogens (tertiary/aromatic N) is 5. The predicted molar refractivity (Wildman–Crippen MR) is 128 cm³/mol. The molecule has 2 saturated heterocycles. The van der Waals surface area contributed by atoms with Crippen molar-refractivity contribution in [2.24, 2.45) is 7.05 Å². The van der Waals surface area contributed by atoms with Crippen molar-refractivity contribution >= 4 is 32.7 Å². The van der Waals surface area contributed by atoms with Crippen molar-refractivity contribution in [3.8, 4) is 0 Å². The van der Waals surface area contributed by atoms with Crippen molar-refractivity contribution in [2.45, 2.75) is 24.2 Å². The molecule has 0 radical (unpaired) electrons. The number of piperidine rings is 1. The highest BCUT2D eigenvalue weighted by molar-refractivity contribution is 7.89. The number of hydrogen-bond acceptors (Lipinski definition) is 5. The monoisotopic (exact) mass is 467 g/mol. The first-order valence-electron chi connectivity index (χ1n) is 11.5. The number of aromatic nitrogens is 2. The minimum Gasteiger partial charge on any atom is -0.353 e. The number of carbonyl (C=O) groups excluding carboxylic acids is 1. The maximum absolute atomic E-state index is 13.3. The van der Waals surface area contributed by atoms with Gasteiger partial charge in [0.05, 0.1) is 4.90 Å². The molecule has 1 amide bonds. The Labute approximate surface area is 194 Å². The Kier molecular flexibility index (Phi) is 5.84. The van der Waals surface area contributed by atoms with Crippen molar-refractivity contribution < 1.29 is 13.2 Å². The van der Waals surface area contributed by atoms with Crippen LogP contribution in [0.25, 0.3) is 10.9 Å². The Morgan fingerprint density at radius 1 is 0.909 bits per heavy atom.